The van der Waals surface area contributed by atoms with E-state index in [4.69, 9.17) is 14.2 Å². The molecule has 0 aliphatic carbocycles. The molecule has 2 aromatic rings. The number of carbonyl (C=O) groups excluding carboxylic acids is 1. The van der Waals surface area contributed by atoms with Gasteiger partial charge in [0.2, 0.25) is 0 Å². The zero-order valence-corrected chi connectivity index (χ0v) is 14.1. The fraction of sp³-hybridized carbons (Fsp3) is 0.350. The van der Waals surface area contributed by atoms with Gasteiger partial charge in [0.05, 0.1) is 26.4 Å². The van der Waals surface area contributed by atoms with Crippen LogP contribution < -0.4 is 4.74 Å². The molecular formula is C20H24O4. The number of esters is 1. The molecule has 0 saturated carbocycles. The summed E-state index contributed by atoms with van der Waals surface area (Å²) in [5.74, 6) is 0.623. The van der Waals surface area contributed by atoms with E-state index in [0.717, 1.165) is 11.3 Å². The van der Waals surface area contributed by atoms with Gasteiger partial charge in [-0.1, -0.05) is 42.5 Å². The Morgan fingerprint density at radius 1 is 0.917 bits per heavy atom. The molecule has 0 aliphatic heterocycles. The molecule has 0 amide bonds. The van der Waals surface area contributed by atoms with Gasteiger partial charge in [-0.05, 0) is 36.6 Å². The van der Waals surface area contributed by atoms with Gasteiger partial charge in [-0.15, -0.1) is 0 Å². The third-order valence-corrected chi connectivity index (χ3v) is 3.40. The number of ether oxygens (including phenoxy) is 3. The number of benzene rings is 2. The standard InChI is InChI=1S/C20H24O4/c1-2-23-20(21)9-6-14-24-19-12-10-18(11-13-19)16-22-15-17-7-4-3-5-8-17/h3-5,7-8,10-13H,2,6,9,14-16H2,1H3. The van der Waals surface area contributed by atoms with Gasteiger partial charge < -0.3 is 14.2 Å². The smallest absolute Gasteiger partial charge is 0.305 e. The van der Waals surface area contributed by atoms with E-state index in [1.165, 1.54) is 5.56 Å². The topological polar surface area (TPSA) is 44.8 Å². The Morgan fingerprint density at radius 2 is 1.58 bits per heavy atom. The third-order valence-electron chi connectivity index (χ3n) is 3.40. The fourth-order valence-corrected chi connectivity index (χ4v) is 2.18. The van der Waals surface area contributed by atoms with Gasteiger partial charge in [0, 0.05) is 6.42 Å². The predicted octanol–water partition coefficient (Wildman–Crippen LogP) is 4.13. The van der Waals surface area contributed by atoms with Crippen molar-refractivity contribution >= 4 is 5.97 Å². The van der Waals surface area contributed by atoms with Crippen LogP contribution in [0.2, 0.25) is 0 Å². The van der Waals surface area contributed by atoms with E-state index in [1.54, 1.807) is 6.92 Å². The Balaban J connectivity index is 1.64. The van der Waals surface area contributed by atoms with Crippen molar-refractivity contribution < 1.29 is 19.0 Å². The molecule has 4 heteroatoms. The summed E-state index contributed by atoms with van der Waals surface area (Å²) in [5.41, 5.74) is 2.27. The summed E-state index contributed by atoms with van der Waals surface area (Å²) in [4.78, 5) is 11.2. The van der Waals surface area contributed by atoms with Crippen molar-refractivity contribution in [1.82, 2.24) is 0 Å². The van der Waals surface area contributed by atoms with Crippen LogP contribution in [-0.2, 0) is 27.5 Å². The zero-order valence-electron chi connectivity index (χ0n) is 14.1. The molecule has 0 aromatic heterocycles. The van der Waals surface area contributed by atoms with Crippen LogP contribution >= 0.6 is 0 Å². The monoisotopic (exact) mass is 328 g/mol. The molecule has 128 valence electrons. The maximum Gasteiger partial charge on any atom is 0.305 e. The van der Waals surface area contributed by atoms with Crippen LogP contribution in [0.25, 0.3) is 0 Å². The van der Waals surface area contributed by atoms with E-state index in [0.29, 0.717) is 39.3 Å². The van der Waals surface area contributed by atoms with Crippen molar-refractivity contribution in [2.45, 2.75) is 33.0 Å². The highest BCUT2D eigenvalue weighted by Gasteiger charge is 2.02. The molecule has 0 saturated heterocycles. The van der Waals surface area contributed by atoms with E-state index in [-0.39, 0.29) is 5.97 Å². The average Bonchev–Trinajstić information content (AvgIpc) is 2.61. The first-order valence-corrected chi connectivity index (χ1v) is 8.27. The van der Waals surface area contributed by atoms with E-state index in [2.05, 4.69) is 0 Å². The maximum atomic E-state index is 11.2. The van der Waals surface area contributed by atoms with E-state index >= 15 is 0 Å². The molecule has 0 radical (unpaired) electrons. The SMILES string of the molecule is CCOC(=O)CCCOc1ccc(COCc2ccccc2)cc1. The summed E-state index contributed by atoms with van der Waals surface area (Å²) in [6.45, 7) is 3.90. The number of hydrogen-bond donors (Lipinski definition) is 0. The summed E-state index contributed by atoms with van der Waals surface area (Å²) >= 11 is 0. The molecule has 0 fully saturated rings. The van der Waals surface area contributed by atoms with Gasteiger partial charge >= 0.3 is 5.97 Å². The van der Waals surface area contributed by atoms with Crippen molar-refractivity contribution in [2.75, 3.05) is 13.2 Å². The largest absolute Gasteiger partial charge is 0.494 e. The first-order valence-electron chi connectivity index (χ1n) is 8.27. The van der Waals surface area contributed by atoms with Gasteiger partial charge in [0.25, 0.3) is 0 Å². The van der Waals surface area contributed by atoms with Crippen LogP contribution in [0.15, 0.2) is 54.6 Å². The van der Waals surface area contributed by atoms with Crippen molar-refractivity contribution in [2.24, 2.45) is 0 Å². The average molecular weight is 328 g/mol. The second-order valence-electron chi connectivity index (χ2n) is 5.38. The lowest BCUT2D eigenvalue weighted by Gasteiger charge is -2.08. The van der Waals surface area contributed by atoms with Crippen molar-refractivity contribution in [1.29, 1.82) is 0 Å². The first-order chi connectivity index (χ1) is 11.8. The second-order valence-corrected chi connectivity index (χ2v) is 5.38. The molecule has 0 spiro atoms. The fourth-order valence-electron chi connectivity index (χ4n) is 2.18. The zero-order chi connectivity index (χ0) is 17.0. The van der Waals surface area contributed by atoms with Crippen molar-refractivity contribution in [3.63, 3.8) is 0 Å². The molecule has 4 nitrogen and oxygen atoms in total. The molecule has 0 atom stereocenters. The molecular weight excluding hydrogens is 304 g/mol. The third kappa shape index (κ3) is 6.84. The van der Waals surface area contributed by atoms with Gasteiger partial charge in [0.1, 0.15) is 5.75 Å². The van der Waals surface area contributed by atoms with E-state index < -0.39 is 0 Å². The van der Waals surface area contributed by atoms with Gasteiger partial charge in [-0.25, -0.2) is 0 Å². The van der Waals surface area contributed by atoms with Crippen molar-refractivity contribution in [3.05, 3.63) is 65.7 Å². The summed E-state index contributed by atoms with van der Waals surface area (Å²) in [6.07, 6.45) is 1.04. The van der Waals surface area contributed by atoms with Gasteiger partial charge in [0.15, 0.2) is 0 Å². The Labute approximate surface area is 143 Å². The van der Waals surface area contributed by atoms with Crippen LogP contribution in [0.5, 0.6) is 5.75 Å². The molecule has 2 aromatic carbocycles. The lowest BCUT2D eigenvalue weighted by Crippen LogP contribution is -2.06. The quantitative estimate of drug-likeness (QED) is 0.486. The molecule has 0 N–H and O–H groups in total. The molecule has 24 heavy (non-hydrogen) atoms. The van der Waals surface area contributed by atoms with E-state index in [9.17, 15) is 4.79 Å². The minimum atomic E-state index is -0.174. The maximum absolute atomic E-state index is 11.2. The number of hydrogen-bond acceptors (Lipinski definition) is 4. The van der Waals surface area contributed by atoms with Crippen LogP contribution in [0.4, 0.5) is 0 Å². The second kappa shape index (κ2) is 10.4. The Kier molecular flexibility index (Phi) is 7.84. The highest BCUT2D eigenvalue weighted by molar-refractivity contribution is 5.69. The highest BCUT2D eigenvalue weighted by atomic mass is 16.5. The minimum Gasteiger partial charge on any atom is -0.494 e. The van der Waals surface area contributed by atoms with Crippen LogP contribution in [0, 0.1) is 0 Å². The summed E-state index contributed by atoms with van der Waals surface area (Å²) in [7, 11) is 0. The predicted molar refractivity (Wildman–Crippen MR) is 92.7 cm³/mol. The minimum absolute atomic E-state index is 0.174. The molecule has 0 bridgehead atoms. The molecule has 2 rings (SSSR count). The van der Waals surface area contributed by atoms with Crippen molar-refractivity contribution in [3.8, 4) is 5.75 Å². The lowest BCUT2D eigenvalue weighted by molar-refractivity contribution is -0.143. The van der Waals surface area contributed by atoms with Crippen LogP contribution in [0.3, 0.4) is 0 Å². The summed E-state index contributed by atoms with van der Waals surface area (Å²) in [6, 6.07) is 17.9. The normalized spacial score (nSPS) is 10.4. The Bertz CT molecular complexity index is 593. The molecule has 0 heterocycles. The summed E-state index contributed by atoms with van der Waals surface area (Å²) in [5, 5.41) is 0. The van der Waals surface area contributed by atoms with Crippen LogP contribution in [0.1, 0.15) is 30.9 Å². The highest BCUT2D eigenvalue weighted by Crippen LogP contribution is 2.14. The summed E-state index contributed by atoms with van der Waals surface area (Å²) < 4.78 is 16.2. The molecule has 0 unspecified atom stereocenters. The number of rotatable bonds is 10. The Morgan fingerprint density at radius 3 is 2.25 bits per heavy atom. The van der Waals surface area contributed by atoms with Crippen LogP contribution in [-0.4, -0.2) is 19.2 Å². The van der Waals surface area contributed by atoms with Gasteiger partial charge in [-0.2, -0.15) is 0 Å². The van der Waals surface area contributed by atoms with E-state index in [1.807, 2.05) is 54.6 Å². The molecule has 0 aliphatic rings. The van der Waals surface area contributed by atoms with Gasteiger partial charge in [-0.3, -0.25) is 4.79 Å². The Hall–Kier alpha value is -2.33. The number of carbonyl (C=O) groups is 1. The first kappa shape index (κ1) is 18.0. The lowest BCUT2D eigenvalue weighted by atomic mass is 10.2.